The summed E-state index contributed by atoms with van der Waals surface area (Å²) in [4.78, 5) is 14.8. The Morgan fingerprint density at radius 1 is 1.42 bits per heavy atom. The highest BCUT2D eigenvalue weighted by molar-refractivity contribution is 14.1. The summed E-state index contributed by atoms with van der Waals surface area (Å²) in [6, 6.07) is 7.21. The second-order valence-corrected chi connectivity index (χ2v) is 4.96. The van der Waals surface area contributed by atoms with Crippen LogP contribution in [0.25, 0.3) is 0 Å². The maximum atomic E-state index is 10.8. The molecule has 1 heterocycles. The van der Waals surface area contributed by atoms with Crippen molar-refractivity contribution in [1.29, 1.82) is 0 Å². The van der Waals surface area contributed by atoms with E-state index in [1.807, 2.05) is 12.1 Å². The van der Waals surface area contributed by atoms with Crippen LogP contribution in [-0.2, 0) is 6.61 Å². The minimum atomic E-state index is 0.403. The molecular formula is C14H12INO3. The van der Waals surface area contributed by atoms with Crippen LogP contribution < -0.4 is 9.47 Å². The van der Waals surface area contributed by atoms with Crippen molar-refractivity contribution >= 4 is 28.9 Å². The molecule has 0 bridgehead atoms. The fourth-order valence-corrected chi connectivity index (χ4v) is 2.37. The Balaban J connectivity index is 2.22. The van der Waals surface area contributed by atoms with Crippen molar-refractivity contribution in [2.24, 2.45) is 0 Å². The normalized spacial score (nSPS) is 10.0. The van der Waals surface area contributed by atoms with Gasteiger partial charge in [0, 0.05) is 23.5 Å². The molecule has 2 aromatic rings. The minimum Gasteiger partial charge on any atom is -0.493 e. The Morgan fingerprint density at radius 2 is 2.26 bits per heavy atom. The summed E-state index contributed by atoms with van der Waals surface area (Å²) in [7, 11) is 1.55. The second-order valence-electron chi connectivity index (χ2n) is 3.80. The first kappa shape index (κ1) is 13.8. The summed E-state index contributed by atoms with van der Waals surface area (Å²) in [6.45, 7) is 0.403. The Kier molecular flexibility index (Phi) is 4.73. The van der Waals surface area contributed by atoms with E-state index >= 15 is 0 Å². The molecule has 1 aromatic heterocycles. The largest absolute Gasteiger partial charge is 0.493 e. The first-order valence-electron chi connectivity index (χ1n) is 5.59. The average molecular weight is 369 g/mol. The van der Waals surface area contributed by atoms with Crippen molar-refractivity contribution in [2.75, 3.05) is 7.11 Å². The number of carbonyl (C=O) groups excluding carboxylic acids is 1. The average Bonchev–Trinajstić information content (AvgIpc) is 2.46. The van der Waals surface area contributed by atoms with Crippen LogP contribution in [0.5, 0.6) is 11.5 Å². The number of benzene rings is 1. The van der Waals surface area contributed by atoms with Crippen LogP contribution >= 0.6 is 22.6 Å². The topological polar surface area (TPSA) is 48.4 Å². The van der Waals surface area contributed by atoms with Crippen LogP contribution in [-0.4, -0.2) is 18.4 Å². The number of aromatic nitrogens is 1. The third-order valence-corrected chi connectivity index (χ3v) is 3.30. The zero-order chi connectivity index (χ0) is 13.7. The third kappa shape index (κ3) is 3.44. The van der Waals surface area contributed by atoms with Crippen LogP contribution in [0.15, 0.2) is 36.7 Å². The number of halogens is 1. The van der Waals surface area contributed by atoms with E-state index < -0.39 is 0 Å². The summed E-state index contributed by atoms with van der Waals surface area (Å²) in [5, 5.41) is 0. The number of carbonyl (C=O) groups is 1. The van der Waals surface area contributed by atoms with Gasteiger partial charge in [-0.2, -0.15) is 0 Å². The van der Waals surface area contributed by atoms with E-state index in [-0.39, 0.29) is 0 Å². The van der Waals surface area contributed by atoms with Crippen molar-refractivity contribution in [3.05, 3.63) is 51.4 Å². The minimum absolute atomic E-state index is 0.403. The highest BCUT2D eigenvalue weighted by atomic mass is 127. The molecule has 0 aliphatic rings. The Morgan fingerprint density at radius 3 is 2.89 bits per heavy atom. The zero-order valence-electron chi connectivity index (χ0n) is 10.3. The van der Waals surface area contributed by atoms with Gasteiger partial charge in [-0.1, -0.05) is 6.07 Å². The quantitative estimate of drug-likeness (QED) is 0.601. The highest BCUT2D eigenvalue weighted by Crippen LogP contribution is 2.34. The maximum Gasteiger partial charge on any atom is 0.174 e. The van der Waals surface area contributed by atoms with E-state index in [1.165, 1.54) is 0 Å². The molecule has 0 saturated heterocycles. The number of rotatable bonds is 5. The van der Waals surface area contributed by atoms with Gasteiger partial charge in [-0.05, 0) is 40.8 Å². The molecule has 0 spiro atoms. The molecular weight excluding hydrogens is 357 g/mol. The van der Waals surface area contributed by atoms with E-state index in [0.717, 1.165) is 15.4 Å². The highest BCUT2D eigenvalue weighted by Gasteiger charge is 2.11. The predicted molar refractivity (Wildman–Crippen MR) is 79.7 cm³/mol. The number of methoxy groups -OCH3 is 1. The molecule has 4 nitrogen and oxygen atoms in total. The van der Waals surface area contributed by atoms with Crippen LogP contribution in [0.4, 0.5) is 0 Å². The van der Waals surface area contributed by atoms with Gasteiger partial charge in [0.25, 0.3) is 0 Å². The van der Waals surface area contributed by atoms with Gasteiger partial charge in [0.2, 0.25) is 0 Å². The lowest BCUT2D eigenvalue weighted by Gasteiger charge is -2.13. The number of nitrogens with zero attached hydrogens (tertiary/aromatic N) is 1. The van der Waals surface area contributed by atoms with E-state index in [9.17, 15) is 4.79 Å². The molecule has 2 rings (SSSR count). The fourth-order valence-electron chi connectivity index (χ4n) is 1.59. The number of hydrogen-bond donors (Lipinski definition) is 0. The van der Waals surface area contributed by atoms with Crippen molar-refractivity contribution in [1.82, 2.24) is 4.98 Å². The van der Waals surface area contributed by atoms with Gasteiger partial charge in [-0.15, -0.1) is 0 Å². The van der Waals surface area contributed by atoms with Gasteiger partial charge in [-0.25, -0.2) is 0 Å². The Labute approximate surface area is 124 Å². The zero-order valence-corrected chi connectivity index (χ0v) is 12.5. The molecule has 0 atom stereocenters. The van der Waals surface area contributed by atoms with Gasteiger partial charge >= 0.3 is 0 Å². The maximum absolute atomic E-state index is 10.8. The molecule has 0 aliphatic carbocycles. The van der Waals surface area contributed by atoms with Crippen LogP contribution in [0.3, 0.4) is 0 Å². The molecule has 0 saturated carbocycles. The lowest BCUT2D eigenvalue weighted by atomic mass is 10.2. The Hall–Kier alpha value is -1.63. The van der Waals surface area contributed by atoms with Gasteiger partial charge < -0.3 is 9.47 Å². The number of aldehydes is 1. The first-order chi connectivity index (χ1) is 9.24. The summed E-state index contributed by atoms with van der Waals surface area (Å²) in [5.74, 6) is 1.19. The first-order valence-corrected chi connectivity index (χ1v) is 6.67. The van der Waals surface area contributed by atoms with Crippen LogP contribution in [0, 0.1) is 3.57 Å². The van der Waals surface area contributed by atoms with Crippen LogP contribution in [0.2, 0.25) is 0 Å². The number of pyridine rings is 1. The van der Waals surface area contributed by atoms with Crippen molar-refractivity contribution in [3.8, 4) is 11.5 Å². The van der Waals surface area contributed by atoms with Gasteiger partial charge in [0.05, 0.1) is 10.7 Å². The second kappa shape index (κ2) is 6.51. The molecule has 98 valence electrons. The van der Waals surface area contributed by atoms with E-state index in [2.05, 4.69) is 27.6 Å². The lowest BCUT2D eigenvalue weighted by molar-refractivity contribution is 0.112. The van der Waals surface area contributed by atoms with E-state index in [4.69, 9.17) is 9.47 Å². The SMILES string of the molecule is COc1cc(C=O)cc(I)c1OCc1cccnc1. The molecule has 0 fully saturated rings. The van der Waals surface area contributed by atoms with Crippen molar-refractivity contribution < 1.29 is 14.3 Å². The fraction of sp³-hybridized carbons (Fsp3) is 0.143. The molecule has 0 amide bonds. The number of ether oxygens (including phenoxy) is 2. The van der Waals surface area contributed by atoms with Gasteiger partial charge in [-0.3, -0.25) is 9.78 Å². The standard InChI is InChI=1S/C14H12INO3/c1-18-13-6-11(8-17)5-12(15)14(13)19-9-10-3-2-4-16-7-10/h2-8H,9H2,1H3. The molecule has 0 N–H and O–H groups in total. The van der Waals surface area contributed by atoms with Crippen LogP contribution in [0.1, 0.15) is 15.9 Å². The lowest BCUT2D eigenvalue weighted by Crippen LogP contribution is -2.00. The summed E-state index contributed by atoms with van der Waals surface area (Å²) in [6.07, 6.45) is 4.25. The number of hydrogen-bond acceptors (Lipinski definition) is 4. The van der Waals surface area contributed by atoms with Crippen molar-refractivity contribution in [3.63, 3.8) is 0 Å². The summed E-state index contributed by atoms with van der Waals surface area (Å²) in [5.41, 5.74) is 1.54. The van der Waals surface area contributed by atoms with Crippen molar-refractivity contribution in [2.45, 2.75) is 6.61 Å². The smallest absolute Gasteiger partial charge is 0.174 e. The summed E-state index contributed by atoms with van der Waals surface area (Å²) >= 11 is 2.12. The van der Waals surface area contributed by atoms with Gasteiger partial charge in [0.1, 0.15) is 12.9 Å². The molecule has 0 radical (unpaired) electrons. The molecule has 1 aromatic carbocycles. The third-order valence-electron chi connectivity index (χ3n) is 2.49. The summed E-state index contributed by atoms with van der Waals surface area (Å²) < 4.78 is 11.8. The van der Waals surface area contributed by atoms with E-state index in [0.29, 0.717) is 23.7 Å². The molecule has 0 aliphatic heterocycles. The Bertz CT molecular complexity index is 572. The van der Waals surface area contributed by atoms with Gasteiger partial charge in [0.15, 0.2) is 11.5 Å². The molecule has 0 unspecified atom stereocenters. The monoisotopic (exact) mass is 369 g/mol. The predicted octanol–water partition coefficient (Wildman–Crippen LogP) is 3.09. The molecule has 19 heavy (non-hydrogen) atoms. The molecule has 5 heteroatoms. The van der Waals surface area contributed by atoms with E-state index in [1.54, 1.807) is 31.6 Å².